The van der Waals surface area contributed by atoms with E-state index in [1.807, 2.05) is 12.3 Å². The van der Waals surface area contributed by atoms with Gasteiger partial charge in [-0.05, 0) is 60.8 Å². The maximum absolute atomic E-state index is 5.49. The summed E-state index contributed by atoms with van der Waals surface area (Å²) in [4.78, 5) is 6.88. The Balaban J connectivity index is 1.41. The first kappa shape index (κ1) is 18.8. The van der Waals surface area contributed by atoms with E-state index in [1.54, 1.807) is 0 Å². The van der Waals surface area contributed by atoms with E-state index in [2.05, 4.69) is 70.8 Å². The van der Waals surface area contributed by atoms with E-state index in [-0.39, 0.29) is 0 Å². The molecule has 2 heterocycles. The van der Waals surface area contributed by atoms with E-state index in [1.165, 1.54) is 5.56 Å². The van der Waals surface area contributed by atoms with Crippen LogP contribution in [0.1, 0.15) is 43.9 Å². The molecule has 0 unspecified atom stereocenters. The second-order valence-electron chi connectivity index (χ2n) is 7.25. The molecule has 1 fully saturated rings. The molecule has 5 heteroatoms. The van der Waals surface area contributed by atoms with Crippen LogP contribution >= 0.6 is 12.2 Å². The summed E-state index contributed by atoms with van der Waals surface area (Å²) in [7, 11) is 0. The van der Waals surface area contributed by atoms with Gasteiger partial charge >= 0.3 is 0 Å². The maximum atomic E-state index is 5.49. The van der Waals surface area contributed by atoms with Crippen LogP contribution in [-0.2, 0) is 6.54 Å². The Bertz CT molecular complexity index is 692. The molecule has 1 saturated heterocycles. The molecule has 0 radical (unpaired) electrons. The summed E-state index contributed by atoms with van der Waals surface area (Å²) in [5.74, 6) is 0.547. The van der Waals surface area contributed by atoms with Gasteiger partial charge in [-0.25, -0.2) is 0 Å². The van der Waals surface area contributed by atoms with Gasteiger partial charge in [-0.15, -0.1) is 0 Å². The van der Waals surface area contributed by atoms with Gasteiger partial charge in [0, 0.05) is 37.6 Å². The second-order valence-corrected chi connectivity index (χ2v) is 7.65. The third-order valence-electron chi connectivity index (χ3n) is 4.87. The largest absolute Gasteiger partial charge is 0.360 e. The molecule has 0 atom stereocenters. The van der Waals surface area contributed by atoms with Gasteiger partial charge in [0.05, 0.1) is 5.69 Å². The number of hydrogen-bond acceptors (Lipinski definition) is 3. The Morgan fingerprint density at radius 2 is 1.88 bits per heavy atom. The van der Waals surface area contributed by atoms with Crippen LogP contribution in [0.15, 0.2) is 48.7 Å². The third-order valence-corrected chi connectivity index (χ3v) is 5.09. The summed E-state index contributed by atoms with van der Waals surface area (Å²) in [5.41, 5.74) is 3.52. The van der Waals surface area contributed by atoms with Crippen molar-refractivity contribution in [1.82, 2.24) is 15.2 Å². The van der Waals surface area contributed by atoms with Crippen LogP contribution < -0.4 is 10.6 Å². The molecule has 0 bridgehead atoms. The molecule has 1 aliphatic heterocycles. The van der Waals surface area contributed by atoms with E-state index in [0.29, 0.717) is 17.1 Å². The topological polar surface area (TPSA) is 40.2 Å². The number of nitrogens with one attached hydrogen (secondary N) is 2. The fourth-order valence-electron chi connectivity index (χ4n) is 3.26. The van der Waals surface area contributed by atoms with Gasteiger partial charge in [0.15, 0.2) is 5.11 Å². The van der Waals surface area contributed by atoms with Gasteiger partial charge in [0.25, 0.3) is 0 Å². The molecule has 1 aromatic carbocycles. The van der Waals surface area contributed by atoms with Crippen molar-refractivity contribution >= 4 is 23.0 Å². The molecule has 0 aliphatic carbocycles. The molecule has 0 saturated carbocycles. The van der Waals surface area contributed by atoms with Gasteiger partial charge < -0.3 is 10.6 Å². The lowest BCUT2D eigenvalue weighted by Gasteiger charge is -2.32. The average molecular weight is 369 g/mol. The number of nitrogens with zero attached hydrogens (tertiary/aromatic N) is 2. The summed E-state index contributed by atoms with van der Waals surface area (Å²) < 4.78 is 0. The average Bonchev–Trinajstić information content (AvgIpc) is 2.64. The minimum atomic E-state index is 0.435. The van der Waals surface area contributed by atoms with Crippen molar-refractivity contribution in [2.75, 3.05) is 18.4 Å². The highest BCUT2D eigenvalue weighted by molar-refractivity contribution is 7.80. The van der Waals surface area contributed by atoms with Crippen molar-refractivity contribution in [3.05, 3.63) is 59.9 Å². The highest BCUT2D eigenvalue weighted by Gasteiger charge is 2.20. The van der Waals surface area contributed by atoms with Gasteiger partial charge in [0.2, 0.25) is 0 Å². The lowest BCUT2D eigenvalue weighted by molar-refractivity contribution is 0.197. The molecule has 2 N–H and O–H groups in total. The number of anilines is 1. The fraction of sp³-hybridized carbons (Fsp3) is 0.429. The van der Waals surface area contributed by atoms with Crippen LogP contribution in [0.5, 0.6) is 0 Å². The Hall–Kier alpha value is -1.98. The first-order valence-corrected chi connectivity index (χ1v) is 9.81. The predicted octanol–water partition coefficient (Wildman–Crippen LogP) is 4.16. The highest BCUT2D eigenvalue weighted by Crippen LogP contribution is 2.17. The van der Waals surface area contributed by atoms with Gasteiger partial charge in [-0.1, -0.05) is 32.0 Å². The number of hydrogen-bond donors (Lipinski definition) is 2. The molecule has 0 amide bonds. The number of piperidine rings is 1. The molecule has 1 aliphatic rings. The van der Waals surface area contributed by atoms with E-state index >= 15 is 0 Å². The molecular weight excluding hydrogens is 340 g/mol. The first-order valence-electron chi connectivity index (χ1n) is 9.40. The van der Waals surface area contributed by atoms with Gasteiger partial charge in [-0.3, -0.25) is 9.88 Å². The normalized spacial score (nSPS) is 15.8. The number of likely N-dealkylation sites (tertiary alicyclic amines) is 1. The minimum absolute atomic E-state index is 0.435. The van der Waals surface area contributed by atoms with Crippen LogP contribution in [0.3, 0.4) is 0 Å². The molecule has 0 spiro atoms. The number of pyridine rings is 1. The van der Waals surface area contributed by atoms with E-state index in [9.17, 15) is 0 Å². The molecule has 138 valence electrons. The molecule has 26 heavy (non-hydrogen) atoms. The summed E-state index contributed by atoms with van der Waals surface area (Å²) in [6.45, 7) is 7.47. The van der Waals surface area contributed by atoms with Crippen LogP contribution in [-0.4, -0.2) is 34.1 Å². The molecule has 4 nitrogen and oxygen atoms in total. The predicted molar refractivity (Wildman–Crippen MR) is 112 cm³/mol. The van der Waals surface area contributed by atoms with Crippen LogP contribution in [0.25, 0.3) is 0 Å². The lowest BCUT2D eigenvalue weighted by Crippen LogP contribution is -2.45. The Kier molecular flexibility index (Phi) is 6.58. The first-order chi connectivity index (χ1) is 12.6. The zero-order valence-corrected chi connectivity index (χ0v) is 16.4. The highest BCUT2D eigenvalue weighted by atomic mass is 32.1. The van der Waals surface area contributed by atoms with E-state index in [0.717, 1.165) is 43.9 Å². The van der Waals surface area contributed by atoms with Crippen molar-refractivity contribution in [3.8, 4) is 0 Å². The monoisotopic (exact) mass is 368 g/mol. The van der Waals surface area contributed by atoms with Gasteiger partial charge in [-0.2, -0.15) is 0 Å². The van der Waals surface area contributed by atoms with Crippen molar-refractivity contribution in [2.45, 2.75) is 45.2 Å². The zero-order valence-electron chi connectivity index (χ0n) is 15.6. The minimum Gasteiger partial charge on any atom is -0.360 e. The fourth-order valence-corrected chi connectivity index (χ4v) is 3.54. The van der Waals surface area contributed by atoms with Crippen molar-refractivity contribution in [1.29, 1.82) is 0 Å². The number of rotatable bonds is 5. The Labute approximate surface area is 162 Å². The quantitative estimate of drug-likeness (QED) is 0.776. The van der Waals surface area contributed by atoms with Crippen LogP contribution in [0.2, 0.25) is 0 Å². The maximum Gasteiger partial charge on any atom is 0.170 e. The lowest BCUT2D eigenvalue weighted by atomic mass is 10.0. The van der Waals surface area contributed by atoms with E-state index in [4.69, 9.17) is 12.2 Å². The molecule has 2 aromatic rings. The van der Waals surface area contributed by atoms with Crippen molar-refractivity contribution in [2.24, 2.45) is 0 Å². The van der Waals surface area contributed by atoms with E-state index < -0.39 is 0 Å². The van der Waals surface area contributed by atoms with Crippen LogP contribution in [0, 0.1) is 0 Å². The second kappa shape index (κ2) is 9.10. The Morgan fingerprint density at radius 3 is 2.50 bits per heavy atom. The van der Waals surface area contributed by atoms with Crippen molar-refractivity contribution in [3.63, 3.8) is 0 Å². The van der Waals surface area contributed by atoms with Crippen molar-refractivity contribution < 1.29 is 0 Å². The zero-order chi connectivity index (χ0) is 18.4. The van der Waals surface area contributed by atoms with Crippen LogP contribution in [0.4, 0.5) is 5.69 Å². The summed E-state index contributed by atoms with van der Waals surface area (Å²) in [6, 6.07) is 15.0. The summed E-state index contributed by atoms with van der Waals surface area (Å²) >= 11 is 5.49. The number of thiocarbonyl (C=S) groups is 1. The smallest absolute Gasteiger partial charge is 0.170 e. The number of benzene rings is 1. The Morgan fingerprint density at radius 1 is 1.15 bits per heavy atom. The standard InChI is InChI=1S/C21H28N4S/c1-16(2)17-6-8-18(9-7-17)23-21(26)24-19-10-13-25(14-11-19)15-20-5-3-4-12-22-20/h3-9,12,16,19H,10-11,13-15H2,1-2H3,(H2,23,24,26). The molecular formula is C21H28N4S. The van der Waals surface area contributed by atoms with Gasteiger partial charge in [0.1, 0.15) is 0 Å². The molecule has 3 rings (SSSR count). The third kappa shape index (κ3) is 5.51. The SMILES string of the molecule is CC(C)c1ccc(NC(=S)NC2CCN(Cc3ccccn3)CC2)cc1. The summed E-state index contributed by atoms with van der Waals surface area (Å²) in [6.07, 6.45) is 4.06. The summed E-state index contributed by atoms with van der Waals surface area (Å²) in [5, 5.41) is 7.48. The molecule has 1 aromatic heterocycles. The number of aromatic nitrogens is 1.